The van der Waals surface area contributed by atoms with Crippen molar-refractivity contribution in [3.8, 4) is 11.1 Å². The lowest BCUT2D eigenvalue weighted by Crippen LogP contribution is -1.89. The first-order valence-electron chi connectivity index (χ1n) is 5.42. The summed E-state index contributed by atoms with van der Waals surface area (Å²) in [5.41, 5.74) is 3.61. The molecule has 0 radical (unpaired) electrons. The van der Waals surface area contributed by atoms with Gasteiger partial charge in [0.15, 0.2) is 0 Å². The molecule has 1 aromatic carbocycles. The average molecular weight is 215 g/mol. The lowest BCUT2D eigenvalue weighted by Gasteiger charge is -2.05. The van der Waals surface area contributed by atoms with Gasteiger partial charge >= 0.3 is 0 Å². The number of pyridine rings is 1. The van der Waals surface area contributed by atoms with E-state index < -0.39 is 0 Å². The molecule has 2 rings (SSSR count). The summed E-state index contributed by atoms with van der Waals surface area (Å²) >= 11 is 0. The fraction of sp³-hybridized carbons (Fsp3) is 0.214. The van der Waals surface area contributed by atoms with Crippen molar-refractivity contribution in [1.82, 2.24) is 4.98 Å². The van der Waals surface area contributed by atoms with Crippen LogP contribution in [0.1, 0.15) is 18.2 Å². The molecule has 16 heavy (non-hydrogen) atoms. The summed E-state index contributed by atoms with van der Waals surface area (Å²) in [7, 11) is 0. The summed E-state index contributed by atoms with van der Waals surface area (Å²) in [4.78, 5) is 4.13. The molecule has 0 unspecified atom stereocenters. The van der Waals surface area contributed by atoms with E-state index in [2.05, 4.69) is 4.98 Å². The summed E-state index contributed by atoms with van der Waals surface area (Å²) in [6.07, 6.45) is 2.47. The summed E-state index contributed by atoms with van der Waals surface area (Å²) in [6.45, 7) is 3.88. The standard InChI is InChI=1S/C14H14FN/c1-3-11-4-5-12(9-14(11)15)13-6-7-16-10(2)8-13/h4-9H,3H2,1-2H3. The Labute approximate surface area is 95.0 Å². The molecule has 0 aliphatic rings. The molecule has 0 atom stereocenters. The predicted octanol–water partition coefficient (Wildman–Crippen LogP) is 3.76. The van der Waals surface area contributed by atoms with Crippen LogP contribution in [-0.4, -0.2) is 4.98 Å². The number of aromatic nitrogens is 1. The zero-order chi connectivity index (χ0) is 11.5. The van der Waals surface area contributed by atoms with Gasteiger partial charge in [-0.3, -0.25) is 4.98 Å². The van der Waals surface area contributed by atoms with Crippen molar-refractivity contribution in [2.45, 2.75) is 20.3 Å². The summed E-state index contributed by atoms with van der Waals surface area (Å²) in [5, 5.41) is 0. The second kappa shape index (κ2) is 4.44. The highest BCUT2D eigenvalue weighted by atomic mass is 19.1. The van der Waals surface area contributed by atoms with Gasteiger partial charge in [0.25, 0.3) is 0 Å². The van der Waals surface area contributed by atoms with Gasteiger partial charge in [0.1, 0.15) is 5.82 Å². The Bertz CT molecular complexity index is 506. The van der Waals surface area contributed by atoms with Crippen molar-refractivity contribution in [3.63, 3.8) is 0 Å². The molecule has 0 fully saturated rings. The highest BCUT2D eigenvalue weighted by Crippen LogP contribution is 2.22. The minimum Gasteiger partial charge on any atom is -0.262 e. The van der Waals surface area contributed by atoms with Crippen LogP contribution < -0.4 is 0 Å². The molecule has 0 N–H and O–H groups in total. The number of halogens is 1. The van der Waals surface area contributed by atoms with Crippen molar-refractivity contribution >= 4 is 0 Å². The molecule has 0 aliphatic carbocycles. The maximum absolute atomic E-state index is 13.6. The van der Waals surface area contributed by atoms with Crippen LogP contribution in [0.3, 0.4) is 0 Å². The topological polar surface area (TPSA) is 12.9 Å². The van der Waals surface area contributed by atoms with Crippen LogP contribution in [0.15, 0.2) is 36.5 Å². The molecule has 82 valence electrons. The van der Waals surface area contributed by atoms with Crippen molar-refractivity contribution in [2.75, 3.05) is 0 Å². The fourth-order valence-electron chi connectivity index (χ4n) is 1.74. The van der Waals surface area contributed by atoms with E-state index in [1.165, 1.54) is 0 Å². The third-order valence-electron chi connectivity index (χ3n) is 2.66. The summed E-state index contributed by atoms with van der Waals surface area (Å²) in [6, 6.07) is 9.25. The Balaban J connectivity index is 2.45. The molecular formula is C14H14FN. The Morgan fingerprint density at radius 1 is 1.12 bits per heavy atom. The van der Waals surface area contributed by atoms with Gasteiger partial charge in [-0.25, -0.2) is 4.39 Å². The van der Waals surface area contributed by atoms with Gasteiger partial charge < -0.3 is 0 Å². The largest absolute Gasteiger partial charge is 0.262 e. The zero-order valence-corrected chi connectivity index (χ0v) is 9.50. The van der Waals surface area contributed by atoms with E-state index in [-0.39, 0.29) is 5.82 Å². The molecule has 0 aliphatic heterocycles. The average Bonchev–Trinajstić information content (AvgIpc) is 2.29. The Morgan fingerprint density at radius 3 is 2.50 bits per heavy atom. The smallest absolute Gasteiger partial charge is 0.127 e. The van der Waals surface area contributed by atoms with Gasteiger partial charge in [-0.15, -0.1) is 0 Å². The van der Waals surface area contributed by atoms with Crippen molar-refractivity contribution in [2.24, 2.45) is 0 Å². The summed E-state index contributed by atoms with van der Waals surface area (Å²) in [5.74, 6) is -0.130. The molecule has 2 aromatic rings. The molecule has 1 heterocycles. The third kappa shape index (κ3) is 2.11. The number of hydrogen-bond donors (Lipinski definition) is 0. The molecule has 0 bridgehead atoms. The molecular weight excluding hydrogens is 201 g/mol. The quantitative estimate of drug-likeness (QED) is 0.743. The van der Waals surface area contributed by atoms with Crippen molar-refractivity contribution < 1.29 is 4.39 Å². The second-order valence-electron chi connectivity index (χ2n) is 3.85. The van der Waals surface area contributed by atoms with E-state index in [9.17, 15) is 4.39 Å². The number of nitrogens with zero attached hydrogens (tertiary/aromatic N) is 1. The first kappa shape index (κ1) is 10.8. The molecule has 1 aromatic heterocycles. The number of aryl methyl sites for hydroxylation is 2. The molecule has 0 amide bonds. The monoisotopic (exact) mass is 215 g/mol. The predicted molar refractivity (Wildman–Crippen MR) is 63.7 cm³/mol. The van der Waals surface area contributed by atoms with Gasteiger partial charge in [0.05, 0.1) is 0 Å². The van der Waals surface area contributed by atoms with Crippen LogP contribution in [0.2, 0.25) is 0 Å². The number of rotatable bonds is 2. The molecule has 0 saturated carbocycles. The van der Waals surface area contributed by atoms with E-state index in [1.54, 1.807) is 12.3 Å². The fourth-order valence-corrected chi connectivity index (χ4v) is 1.74. The van der Waals surface area contributed by atoms with Gasteiger partial charge in [-0.05, 0) is 48.2 Å². The second-order valence-corrected chi connectivity index (χ2v) is 3.85. The maximum Gasteiger partial charge on any atom is 0.127 e. The number of hydrogen-bond acceptors (Lipinski definition) is 1. The van der Waals surface area contributed by atoms with Gasteiger partial charge in [0.2, 0.25) is 0 Å². The van der Waals surface area contributed by atoms with Crippen LogP contribution in [0, 0.1) is 12.7 Å². The minimum absolute atomic E-state index is 0.130. The SMILES string of the molecule is CCc1ccc(-c2ccnc(C)c2)cc1F. The van der Waals surface area contributed by atoms with Crippen LogP contribution in [0.5, 0.6) is 0 Å². The van der Waals surface area contributed by atoms with Gasteiger partial charge in [-0.2, -0.15) is 0 Å². The van der Waals surface area contributed by atoms with Gasteiger partial charge in [-0.1, -0.05) is 19.1 Å². The molecule has 2 heteroatoms. The van der Waals surface area contributed by atoms with Crippen LogP contribution in [0.4, 0.5) is 4.39 Å². The van der Waals surface area contributed by atoms with Gasteiger partial charge in [0, 0.05) is 11.9 Å². The molecule has 0 spiro atoms. The van der Waals surface area contributed by atoms with Crippen LogP contribution in [0.25, 0.3) is 11.1 Å². The Hall–Kier alpha value is -1.70. The third-order valence-corrected chi connectivity index (χ3v) is 2.66. The van der Waals surface area contributed by atoms with Crippen molar-refractivity contribution in [3.05, 3.63) is 53.6 Å². The van der Waals surface area contributed by atoms with E-state index in [4.69, 9.17) is 0 Å². The normalized spacial score (nSPS) is 10.4. The van der Waals surface area contributed by atoms with Crippen LogP contribution >= 0.6 is 0 Å². The first-order chi connectivity index (χ1) is 7.70. The first-order valence-corrected chi connectivity index (χ1v) is 5.42. The summed E-state index contributed by atoms with van der Waals surface area (Å²) < 4.78 is 13.6. The molecule has 0 saturated heterocycles. The lowest BCUT2D eigenvalue weighted by molar-refractivity contribution is 0.613. The van der Waals surface area contributed by atoms with E-state index in [1.807, 2.05) is 38.1 Å². The van der Waals surface area contributed by atoms with Crippen molar-refractivity contribution in [1.29, 1.82) is 0 Å². The lowest BCUT2D eigenvalue weighted by atomic mass is 10.0. The number of benzene rings is 1. The molecule has 1 nitrogen and oxygen atoms in total. The minimum atomic E-state index is -0.130. The Morgan fingerprint density at radius 2 is 1.88 bits per heavy atom. The Kier molecular flexibility index (Phi) is 3.00. The highest BCUT2D eigenvalue weighted by molar-refractivity contribution is 5.63. The highest BCUT2D eigenvalue weighted by Gasteiger charge is 2.03. The van der Waals surface area contributed by atoms with E-state index >= 15 is 0 Å². The van der Waals surface area contributed by atoms with E-state index in [0.717, 1.165) is 28.8 Å². The van der Waals surface area contributed by atoms with Crippen LogP contribution in [-0.2, 0) is 6.42 Å². The van der Waals surface area contributed by atoms with E-state index in [0.29, 0.717) is 0 Å². The maximum atomic E-state index is 13.6. The zero-order valence-electron chi connectivity index (χ0n) is 9.50.